The maximum Gasteiger partial charge on any atom is 0.209 e. The van der Waals surface area contributed by atoms with Gasteiger partial charge in [-0.2, -0.15) is 0 Å². The van der Waals surface area contributed by atoms with Crippen LogP contribution in [0.1, 0.15) is 18.7 Å². The molecule has 2 aromatic rings. The molecule has 19 heavy (non-hydrogen) atoms. The Bertz CT molecular complexity index is 524. The zero-order chi connectivity index (χ0) is 13.1. The van der Waals surface area contributed by atoms with E-state index in [-0.39, 0.29) is 12.6 Å². The summed E-state index contributed by atoms with van der Waals surface area (Å²) in [7, 11) is 0. The number of likely N-dealkylation sites (tertiary alicyclic amines) is 1. The molecule has 1 fully saturated rings. The Morgan fingerprint density at radius 2 is 2.16 bits per heavy atom. The van der Waals surface area contributed by atoms with E-state index < -0.39 is 0 Å². The molecule has 3 rings (SSSR count). The highest BCUT2D eigenvalue weighted by Gasteiger charge is 2.25. The van der Waals surface area contributed by atoms with Crippen LogP contribution in [-0.2, 0) is 6.54 Å². The van der Waals surface area contributed by atoms with Crippen molar-refractivity contribution in [1.29, 1.82) is 0 Å². The molecule has 1 saturated heterocycles. The average Bonchev–Trinajstić information content (AvgIpc) is 3.09. The molecule has 4 nitrogen and oxygen atoms in total. The number of aromatic nitrogens is 1. The average molecular weight is 258 g/mol. The van der Waals surface area contributed by atoms with Crippen LogP contribution < -0.4 is 0 Å². The van der Waals surface area contributed by atoms with Gasteiger partial charge in [0.2, 0.25) is 5.89 Å². The number of hydrogen-bond donors (Lipinski definition) is 1. The Balaban J connectivity index is 1.72. The highest BCUT2D eigenvalue weighted by molar-refractivity contribution is 5.55. The maximum absolute atomic E-state index is 9.30. The summed E-state index contributed by atoms with van der Waals surface area (Å²) < 4.78 is 5.79. The molecule has 1 aromatic heterocycles. The summed E-state index contributed by atoms with van der Waals surface area (Å²) in [6, 6.07) is 10.2. The first-order chi connectivity index (χ1) is 9.36. The standard InChI is InChI=1S/C15H18N2O2/c18-11-13-7-4-8-17(13)10-15-16-9-14(19-15)12-5-2-1-3-6-12/h1-3,5-6,9,13,18H,4,7-8,10-11H2/t13-/m1/s1. The van der Waals surface area contributed by atoms with Crippen molar-refractivity contribution >= 4 is 0 Å². The number of hydrogen-bond acceptors (Lipinski definition) is 4. The zero-order valence-electron chi connectivity index (χ0n) is 10.8. The van der Waals surface area contributed by atoms with E-state index in [4.69, 9.17) is 4.42 Å². The van der Waals surface area contributed by atoms with Crippen molar-refractivity contribution in [2.24, 2.45) is 0 Å². The van der Waals surface area contributed by atoms with Crippen molar-refractivity contribution in [3.05, 3.63) is 42.4 Å². The quantitative estimate of drug-likeness (QED) is 0.914. The van der Waals surface area contributed by atoms with E-state index in [1.165, 1.54) is 0 Å². The van der Waals surface area contributed by atoms with E-state index in [9.17, 15) is 5.11 Å². The third-order valence-corrected chi connectivity index (χ3v) is 3.66. The second kappa shape index (κ2) is 5.55. The lowest BCUT2D eigenvalue weighted by Crippen LogP contribution is -2.31. The molecule has 4 heteroatoms. The summed E-state index contributed by atoms with van der Waals surface area (Å²) in [6.45, 7) is 1.90. The first-order valence-corrected chi connectivity index (χ1v) is 6.72. The molecule has 100 valence electrons. The van der Waals surface area contributed by atoms with Crippen molar-refractivity contribution in [2.45, 2.75) is 25.4 Å². The van der Waals surface area contributed by atoms with Gasteiger partial charge < -0.3 is 9.52 Å². The fourth-order valence-electron chi connectivity index (χ4n) is 2.60. The van der Waals surface area contributed by atoms with Crippen LogP contribution >= 0.6 is 0 Å². The van der Waals surface area contributed by atoms with Gasteiger partial charge in [0.15, 0.2) is 5.76 Å². The van der Waals surface area contributed by atoms with Gasteiger partial charge in [-0.05, 0) is 19.4 Å². The number of rotatable bonds is 4. The van der Waals surface area contributed by atoms with E-state index in [0.717, 1.165) is 36.6 Å². The Hall–Kier alpha value is -1.65. The van der Waals surface area contributed by atoms with Gasteiger partial charge in [0.05, 0.1) is 19.3 Å². The molecule has 0 saturated carbocycles. The lowest BCUT2D eigenvalue weighted by molar-refractivity contribution is 0.144. The second-order valence-corrected chi connectivity index (χ2v) is 4.93. The van der Waals surface area contributed by atoms with Gasteiger partial charge in [0.1, 0.15) is 0 Å². The Morgan fingerprint density at radius 1 is 1.32 bits per heavy atom. The molecule has 0 spiro atoms. The van der Waals surface area contributed by atoms with Gasteiger partial charge in [0.25, 0.3) is 0 Å². The SMILES string of the molecule is OC[C@H]1CCCN1Cc1ncc(-c2ccccc2)o1. The number of nitrogens with zero attached hydrogens (tertiary/aromatic N) is 2. The molecular formula is C15H18N2O2. The van der Waals surface area contributed by atoms with Crippen LogP contribution in [0.2, 0.25) is 0 Å². The third-order valence-electron chi connectivity index (χ3n) is 3.66. The lowest BCUT2D eigenvalue weighted by Gasteiger charge is -2.20. The summed E-state index contributed by atoms with van der Waals surface area (Å²) in [5, 5.41) is 9.30. The van der Waals surface area contributed by atoms with Crippen LogP contribution in [-0.4, -0.2) is 34.2 Å². The van der Waals surface area contributed by atoms with Crippen molar-refractivity contribution < 1.29 is 9.52 Å². The molecule has 0 amide bonds. The number of benzene rings is 1. The predicted octanol–water partition coefficient (Wildman–Crippen LogP) is 2.30. The van der Waals surface area contributed by atoms with Crippen LogP contribution in [0.25, 0.3) is 11.3 Å². The first-order valence-electron chi connectivity index (χ1n) is 6.72. The minimum absolute atomic E-state index is 0.215. The number of aliphatic hydroxyl groups is 1. The Kier molecular flexibility index (Phi) is 3.62. The summed E-state index contributed by atoms with van der Waals surface area (Å²) in [5.74, 6) is 1.52. The largest absolute Gasteiger partial charge is 0.439 e. The lowest BCUT2D eigenvalue weighted by atomic mass is 10.2. The smallest absolute Gasteiger partial charge is 0.209 e. The van der Waals surface area contributed by atoms with Gasteiger partial charge in [-0.1, -0.05) is 30.3 Å². The van der Waals surface area contributed by atoms with Crippen molar-refractivity contribution in [3.8, 4) is 11.3 Å². The van der Waals surface area contributed by atoms with Crippen LogP contribution in [0, 0.1) is 0 Å². The monoisotopic (exact) mass is 258 g/mol. The third kappa shape index (κ3) is 2.69. The van der Waals surface area contributed by atoms with Gasteiger partial charge in [0, 0.05) is 11.6 Å². The summed E-state index contributed by atoms with van der Waals surface area (Å²) in [5.41, 5.74) is 1.04. The first kappa shape index (κ1) is 12.4. The topological polar surface area (TPSA) is 49.5 Å². The number of aliphatic hydroxyl groups excluding tert-OH is 1. The Morgan fingerprint density at radius 3 is 2.95 bits per heavy atom. The minimum Gasteiger partial charge on any atom is -0.439 e. The fraction of sp³-hybridized carbons (Fsp3) is 0.400. The van der Waals surface area contributed by atoms with Crippen molar-refractivity contribution in [1.82, 2.24) is 9.88 Å². The van der Waals surface area contributed by atoms with Crippen LogP contribution in [0.3, 0.4) is 0 Å². The van der Waals surface area contributed by atoms with E-state index in [1.807, 2.05) is 30.3 Å². The minimum atomic E-state index is 0.215. The van der Waals surface area contributed by atoms with E-state index in [0.29, 0.717) is 6.54 Å². The van der Waals surface area contributed by atoms with E-state index in [2.05, 4.69) is 9.88 Å². The van der Waals surface area contributed by atoms with Gasteiger partial charge in [-0.3, -0.25) is 4.90 Å². The Labute approximate surface area is 112 Å². The molecule has 1 aliphatic rings. The summed E-state index contributed by atoms with van der Waals surface area (Å²) in [6.07, 6.45) is 3.97. The molecule has 1 atom stereocenters. The highest BCUT2D eigenvalue weighted by Crippen LogP contribution is 2.23. The molecule has 0 bridgehead atoms. The molecule has 0 aliphatic carbocycles. The van der Waals surface area contributed by atoms with Crippen LogP contribution in [0.15, 0.2) is 40.9 Å². The van der Waals surface area contributed by atoms with Gasteiger partial charge >= 0.3 is 0 Å². The molecular weight excluding hydrogens is 240 g/mol. The van der Waals surface area contributed by atoms with Crippen LogP contribution in [0.5, 0.6) is 0 Å². The zero-order valence-corrected chi connectivity index (χ0v) is 10.8. The van der Waals surface area contributed by atoms with Gasteiger partial charge in [-0.15, -0.1) is 0 Å². The fourth-order valence-corrected chi connectivity index (χ4v) is 2.60. The summed E-state index contributed by atoms with van der Waals surface area (Å²) >= 11 is 0. The maximum atomic E-state index is 9.30. The summed E-state index contributed by atoms with van der Waals surface area (Å²) in [4.78, 5) is 6.57. The molecule has 0 radical (unpaired) electrons. The van der Waals surface area contributed by atoms with Gasteiger partial charge in [-0.25, -0.2) is 4.98 Å². The highest BCUT2D eigenvalue weighted by atomic mass is 16.4. The molecule has 2 heterocycles. The normalized spacial score (nSPS) is 19.9. The predicted molar refractivity (Wildman–Crippen MR) is 72.5 cm³/mol. The molecule has 1 aliphatic heterocycles. The molecule has 0 unspecified atom stereocenters. The van der Waals surface area contributed by atoms with Crippen molar-refractivity contribution in [3.63, 3.8) is 0 Å². The van der Waals surface area contributed by atoms with Crippen molar-refractivity contribution in [2.75, 3.05) is 13.2 Å². The van der Waals surface area contributed by atoms with E-state index in [1.54, 1.807) is 6.20 Å². The molecule has 1 aromatic carbocycles. The van der Waals surface area contributed by atoms with Crippen LogP contribution in [0.4, 0.5) is 0 Å². The second-order valence-electron chi connectivity index (χ2n) is 4.93. The number of oxazole rings is 1. The van der Waals surface area contributed by atoms with E-state index >= 15 is 0 Å². The molecule has 1 N–H and O–H groups in total.